The molecule has 0 unspecified atom stereocenters. The van der Waals surface area contributed by atoms with Gasteiger partial charge in [-0.15, -0.1) is 0 Å². The minimum absolute atomic E-state index is 0.0928. The molecule has 23 heavy (non-hydrogen) atoms. The Balaban J connectivity index is 1.76. The van der Waals surface area contributed by atoms with Gasteiger partial charge in [0.2, 0.25) is 0 Å². The molecule has 0 radical (unpaired) electrons. The molecular formula is C19H25NO3. The smallest absolute Gasteiger partial charge is 0.410 e. The number of amides is 1. The summed E-state index contributed by atoms with van der Waals surface area (Å²) in [6.07, 6.45) is 2.56. The fourth-order valence-electron chi connectivity index (χ4n) is 3.83. The number of fused-ring (bicyclic) bond motifs is 2. The Morgan fingerprint density at radius 3 is 2.48 bits per heavy atom. The zero-order chi connectivity index (χ0) is 16.7. The Morgan fingerprint density at radius 2 is 1.83 bits per heavy atom. The molecule has 3 rings (SSSR count). The summed E-state index contributed by atoms with van der Waals surface area (Å²) in [5.41, 5.74) is 1.90. The van der Waals surface area contributed by atoms with Crippen molar-refractivity contribution in [2.45, 2.75) is 57.5 Å². The molecule has 0 N–H and O–H groups in total. The van der Waals surface area contributed by atoms with Crippen LogP contribution < -0.4 is 0 Å². The molecule has 2 aliphatic rings. The zero-order valence-corrected chi connectivity index (χ0v) is 14.2. The van der Waals surface area contributed by atoms with Crippen molar-refractivity contribution < 1.29 is 14.3 Å². The molecule has 1 saturated heterocycles. The number of ether oxygens (including phenoxy) is 1. The highest BCUT2D eigenvalue weighted by molar-refractivity contribution is 5.85. The number of benzene rings is 1. The maximum atomic E-state index is 12.2. The molecule has 124 valence electrons. The van der Waals surface area contributed by atoms with E-state index in [-0.39, 0.29) is 11.5 Å². The van der Waals surface area contributed by atoms with Crippen LogP contribution in [0.1, 0.15) is 51.2 Å². The fraction of sp³-hybridized carbons (Fsp3) is 0.579. The quantitative estimate of drug-likeness (QED) is 0.736. The first kappa shape index (κ1) is 16.0. The van der Waals surface area contributed by atoms with Crippen LogP contribution in [0.15, 0.2) is 24.3 Å². The van der Waals surface area contributed by atoms with Crippen molar-refractivity contribution in [1.82, 2.24) is 4.90 Å². The summed E-state index contributed by atoms with van der Waals surface area (Å²) >= 11 is 0. The molecule has 4 heteroatoms. The van der Waals surface area contributed by atoms with Crippen molar-refractivity contribution in [3.05, 3.63) is 35.4 Å². The molecule has 1 fully saturated rings. The Kier molecular flexibility index (Phi) is 3.95. The van der Waals surface area contributed by atoms with Gasteiger partial charge in [-0.3, -0.25) is 4.79 Å². The van der Waals surface area contributed by atoms with E-state index in [4.69, 9.17) is 4.74 Å². The van der Waals surface area contributed by atoms with Crippen molar-refractivity contribution in [2.24, 2.45) is 0 Å². The summed E-state index contributed by atoms with van der Waals surface area (Å²) in [6, 6.07) is 8.27. The Hall–Kier alpha value is -1.84. The van der Waals surface area contributed by atoms with Crippen LogP contribution in [0.5, 0.6) is 0 Å². The topological polar surface area (TPSA) is 46.6 Å². The second-order valence-electron chi connectivity index (χ2n) is 7.80. The summed E-state index contributed by atoms with van der Waals surface area (Å²) in [6.45, 7) is 6.94. The summed E-state index contributed by atoms with van der Waals surface area (Å²) in [5, 5.41) is 0. The molecule has 1 aliphatic heterocycles. The van der Waals surface area contributed by atoms with Gasteiger partial charge in [0.05, 0.1) is 0 Å². The Bertz CT molecular complexity index is 622. The second-order valence-corrected chi connectivity index (χ2v) is 7.80. The number of carbonyl (C=O) groups is 2. The lowest BCUT2D eigenvalue weighted by atomic mass is 9.64. The molecular weight excluding hydrogens is 290 g/mol. The van der Waals surface area contributed by atoms with E-state index in [1.54, 1.807) is 4.90 Å². The minimum atomic E-state index is -0.473. The SMILES string of the molecule is CC(C)(C)OC(=O)N1CCC2(CC1)CC(=O)Cc1ccccc12. The van der Waals surface area contributed by atoms with Gasteiger partial charge < -0.3 is 9.64 Å². The number of hydrogen-bond acceptors (Lipinski definition) is 3. The molecule has 0 atom stereocenters. The van der Waals surface area contributed by atoms with Crippen LogP contribution in [0.3, 0.4) is 0 Å². The molecule has 1 aromatic rings. The van der Waals surface area contributed by atoms with Crippen molar-refractivity contribution in [1.29, 1.82) is 0 Å². The van der Waals surface area contributed by atoms with Crippen LogP contribution in [0.25, 0.3) is 0 Å². The van der Waals surface area contributed by atoms with Gasteiger partial charge in [-0.25, -0.2) is 4.79 Å². The van der Waals surface area contributed by atoms with Crippen molar-refractivity contribution in [3.8, 4) is 0 Å². The number of piperidine rings is 1. The van der Waals surface area contributed by atoms with E-state index in [0.29, 0.717) is 31.7 Å². The van der Waals surface area contributed by atoms with Gasteiger partial charge in [0, 0.05) is 31.3 Å². The van der Waals surface area contributed by atoms with Crippen LogP contribution in [-0.4, -0.2) is 35.5 Å². The third-order valence-corrected chi connectivity index (χ3v) is 4.88. The highest BCUT2D eigenvalue weighted by atomic mass is 16.6. The average molecular weight is 315 g/mol. The van der Waals surface area contributed by atoms with Crippen LogP contribution >= 0.6 is 0 Å². The number of ketones is 1. The lowest BCUT2D eigenvalue weighted by Crippen LogP contribution is -2.49. The molecule has 1 aromatic carbocycles. The average Bonchev–Trinajstić information content (AvgIpc) is 2.46. The summed E-state index contributed by atoms with van der Waals surface area (Å²) in [4.78, 5) is 26.2. The van der Waals surface area contributed by atoms with E-state index in [1.165, 1.54) is 5.56 Å². The lowest BCUT2D eigenvalue weighted by molar-refractivity contribution is -0.120. The third kappa shape index (κ3) is 3.26. The molecule has 0 aromatic heterocycles. The van der Waals surface area contributed by atoms with Gasteiger partial charge >= 0.3 is 6.09 Å². The number of hydrogen-bond donors (Lipinski definition) is 0. The number of carbonyl (C=O) groups excluding carboxylic acids is 2. The molecule has 0 bridgehead atoms. The Morgan fingerprint density at radius 1 is 1.17 bits per heavy atom. The van der Waals surface area contributed by atoms with E-state index >= 15 is 0 Å². The van der Waals surface area contributed by atoms with Gasteiger partial charge in [0.1, 0.15) is 11.4 Å². The van der Waals surface area contributed by atoms with E-state index in [1.807, 2.05) is 26.8 Å². The molecule has 1 heterocycles. The monoisotopic (exact) mass is 315 g/mol. The summed E-state index contributed by atoms with van der Waals surface area (Å²) in [5.74, 6) is 0.314. The standard InChI is InChI=1S/C19H25NO3/c1-18(2,3)23-17(22)20-10-8-19(9-11-20)13-15(21)12-14-6-4-5-7-16(14)19/h4-7H,8-13H2,1-3H3. The van der Waals surface area contributed by atoms with Gasteiger partial charge in [0.25, 0.3) is 0 Å². The number of likely N-dealkylation sites (tertiary alicyclic amines) is 1. The van der Waals surface area contributed by atoms with Gasteiger partial charge in [-0.05, 0) is 44.7 Å². The van der Waals surface area contributed by atoms with Crippen LogP contribution in [0.4, 0.5) is 4.79 Å². The zero-order valence-electron chi connectivity index (χ0n) is 14.2. The number of nitrogens with zero attached hydrogens (tertiary/aromatic N) is 1. The van der Waals surface area contributed by atoms with Crippen molar-refractivity contribution in [2.75, 3.05) is 13.1 Å². The van der Waals surface area contributed by atoms with Crippen LogP contribution in [0, 0.1) is 0 Å². The lowest BCUT2D eigenvalue weighted by Gasteiger charge is -2.44. The maximum absolute atomic E-state index is 12.2. The predicted octanol–water partition coefficient (Wildman–Crippen LogP) is 3.47. The van der Waals surface area contributed by atoms with Crippen molar-refractivity contribution >= 4 is 11.9 Å². The molecule has 1 amide bonds. The molecule has 1 spiro atoms. The van der Waals surface area contributed by atoms with Crippen LogP contribution in [-0.2, 0) is 21.4 Å². The predicted molar refractivity (Wildman–Crippen MR) is 88.5 cm³/mol. The van der Waals surface area contributed by atoms with E-state index in [0.717, 1.165) is 18.4 Å². The van der Waals surface area contributed by atoms with Gasteiger partial charge in [-0.1, -0.05) is 24.3 Å². The molecule has 1 aliphatic carbocycles. The normalized spacial score (nSPS) is 20.3. The maximum Gasteiger partial charge on any atom is 0.410 e. The summed E-state index contributed by atoms with van der Waals surface area (Å²) < 4.78 is 5.46. The van der Waals surface area contributed by atoms with E-state index < -0.39 is 5.60 Å². The van der Waals surface area contributed by atoms with Crippen molar-refractivity contribution in [3.63, 3.8) is 0 Å². The largest absolute Gasteiger partial charge is 0.444 e. The molecule has 4 nitrogen and oxygen atoms in total. The Labute approximate surface area is 137 Å². The fourth-order valence-corrected chi connectivity index (χ4v) is 3.83. The first-order valence-corrected chi connectivity index (χ1v) is 8.37. The summed E-state index contributed by atoms with van der Waals surface area (Å²) in [7, 11) is 0. The highest BCUT2D eigenvalue weighted by Gasteiger charge is 2.43. The van der Waals surface area contributed by atoms with Crippen LogP contribution in [0.2, 0.25) is 0 Å². The minimum Gasteiger partial charge on any atom is -0.444 e. The van der Waals surface area contributed by atoms with E-state index in [9.17, 15) is 9.59 Å². The molecule has 0 saturated carbocycles. The van der Waals surface area contributed by atoms with Gasteiger partial charge in [0.15, 0.2) is 0 Å². The highest BCUT2D eigenvalue weighted by Crippen LogP contribution is 2.43. The number of Topliss-reactive ketones (excluding diaryl/α,β-unsaturated/α-hetero) is 1. The first-order valence-electron chi connectivity index (χ1n) is 8.37. The third-order valence-electron chi connectivity index (χ3n) is 4.88. The van der Waals surface area contributed by atoms with E-state index in [2.05, 4.69) is 18.2 Å². The second kappa shape index (κ2) is 5.66. The number of rotatable bonds is 0. The first-order chi connectivity index (χ1) is 10.8. The van der Waals surface area contributed by atoms with Gasteiger partial charge in [-0.2, -0.15) is 0 Å².